The first-order valence-electron chi connectivity index (χ1n) is 6.31. The minimum absolute atomic E-state index is 0.130. The molecule has 7 heteroatoms. The largest absolute Gasteiger partial charge is 0.451 e. The molecule has 1 heterocycles. The maximum absolute atomic E-state index is 12.5. The maximum atomic E-state index is 12.5. The molecule has 1 N–H and O–H groups in total. The van der Waals surface area contributed by atoms with Gasteiger partial charge >= 0.3 is 6.18 Å². The van der Waals surface area contributed by atoms with Crippen LogP contribution in [-0.2, 0) is 6.18 Å². The molecule has 3 nitrogen and oxygen atoms in total. The van der Waals surface area contributed by atoms with Gasteiger partial charge in [0.2, 0.25) is 5.82 Å². The minimum atomic E-state index is -4.58. The van der Waals surface area contributed by atoms with E-state index in [1.54, 1.807) is 0 Å². The highest BCUT2D eigenvalue weighted by molar-refractivity contribution is 6.29. The molecule has 1 saturated carbocycles. The second-order valence-corrected chi connectivity index (χ2v) is 5.15. The van der Waals surface area contributed by atoms with Gasteiger partial charge in [-0.3, -0.25) is 0 Å². The van der Waals surface area contributed by atoms with Crippen molar-refractivity contribution in [3.8, 4) is 0 Å². The molecular formula is C12H15ClF3N3. The third-order valence-electron chi connectivity index (χ3n) is 3.28. The van der Waals surface area contributed by atoms with E-state index in [9.17, 15) is 13.2 Å². The van der Waals surface area contributed by atoms with Crippen molar-refractivity contribution in [3.05, 3.63) is 17.0 Å². The average molecular weight is 294 g/mol. The van der Waals surface area contributed by atoms with Crippen LogP contribution >= 0.6 is 11.6 Å². The SMILES string of the molecule is FC(F)(F)c1nc(Cl)cc(NCCC2CCCC2)n1. The molecule has 0 unspecified atom stereocenters. The minimum Gasteiger partial charge on any atom is -0.370 e. The zero-order valence-electron chi connectivity index (χ0n) is 10.3. The molecule has 1 aliphatic carbocycles. The van der Waals surface area contributed by atoms with Gasteiger partial charge in [-0.15, -0.1) is 0 Å². The van der Waals surface area contributed by atoms with E-state index in [2.05, 4.69) is 15.3 Å². The molecule has 1 fully saturated rings. The van der Waals surface area contributed by atoms with Gasteiger partial charge in [-0.1, -0.05) is 37.3 Å². The van der Waals surface area contributed by atoms with E-state index in [0.29, 0.717) is 12.5 Å². The van der Waals surface area contributed by atoms with Crippen LogP contribution in [0.25, 0.3) is 0 Å². The fourth-order valence-corrected chi connectivity index (χ4v) is 2.52. The summed E-state index contributed by atoms with van der Waals surface area (Å²) >= 11 is 5.57. The van der Waals surface area contributed by atoms with Gasteiger partial charge in [-0.05, 0) is 12.3 Å². The predicted molar refractivity (Wildman–Crippen MR) is 67.1 cm³/mol. The predicted octanol–water partition coefficient (Wildman–Crippen LogP) is 4.14. The second-order valence-electron chi connectivity index (χ2n) is 4.76. The Morgan fingerprint density at radius 1 is 1.26 bits per heavy atom. The number of alkyl halides is 3. The van der Waals surface area contributed by atoms with Gasteiger partial charge in [0.1, 0.15) is 11.0 Å². The average Bonchev–Trinajstić information content (AvgIpc) is 2.80. The van der Waals surface area contributed by atoms with E-state index in [-0.39, 0.29) is 11.0 Å². The van der Waals surface area contributed by atoms with Crippen molar-refractivity contribution in [3.63, 3.8) is 0 Å². The summed E-state index contributed by atoms with van der Waals surface area (Å²) in [4.78, 5) is 6.62. The van der Waals surface area contributed by atoms with E-state index in [4.69, 9.17) is 11.6 Å². The first-order chi connectivity index (χ1) is 8.95. The first-order valence-corrected chi connectivity index (χ1v) is 6.68. The fraction of sp³-hybridized carbons (Fsp3) is 0.667. The number of halogens is 4. The zero-order chi connectivity index (χ0) is 13.9. The Hall–Kier alpha value is -1.04. The summed E-state index contributed by atoms with van der Waals surface area (Å²) in [6.07, 6.45) is 1.29. The van der Waals surface area contributed by atoms with Gasteiger partial charge in [-0.2, -0.15) is 13.2 Å². The number of nitrogens with one attached hydrogen (secondary N) is 1. The molecule has 1 aromatic heterocycles. The summed E-state index contributed by atoms with van der Waals surface area (Å²) in [5.41, 5.74) is 0. The normalized spacial score (nSPS) is 16.8. The Kier molecular flexibility index (Phi) is 4.50. The van der Waals surface area contributed by atoms with Crippen LogP contribution in [0.2, 0.25) is 5.15 Å². The summed E-state index contributed by atoms with van der Waals surface area (Å²) < 4.78 is 37.5. The van der Waals surface area contributed by atoms with E-state index in [1.165, 1.54) is 31.7 Å². The molecule has 0 bridgehead atoms. The molecule has 0 aliphatic heterocycles. The molecule has 0 amide bonds. The summed E-state index contributed by atoms with van der Waals surface area (Å²) in [6, 6.07) is 1.31. The molecule has 19 heavy (non-hydrogen) atoms. The highest BCUT2D eigenvalue weighted by Crippen LogP contribution is 2.29. The number of anilines is 1. The summed E-state index contributed by atoms with van der Waals surface area (Å²) in [5.74, 6) is -0.402. The van der Waals surface area contributed by atoms with Crippen LogP contribution in [-0.4, -0.2) is 16.5 Å². The number of hydrogen-bond acceptors (Lipinski definition) is 3. The van der Waals surface area contributed by atoms with Crippen molar-refractivity contribution >= 4 is 17.4 Å². The van der Waals surface area contributed by atoms with E-state index < -0.39 is 12.0 Å². The lowest BCUT2D eigenvalue weighted by atomic mass is 10.0. The van der Waals surface area contributed by atoms with Crippen molar-refractivity contribution in [1.82, 2.24) is 9.97 Å². The Bertz CT molecular complexity index is 431. The summed E-state index contributed by atoms with van der Waals surface area (Å²) in [6.45, 7) is 0.606. The van der Waals surface area contributed by atoms with Crippen LogP contribution in [0.15, 0.2) is 6.07 Å². The van der Waals surface area contributed by atoms with E-state index in [1.807, 2.05) is 0 Å². The standard InChI is InChI=1S/C12H15ClF3N3/c13-9-7-10(19-11(18-9)12(14,15)16)17-6-5-8-3-1-2-4-8/h7-8H,1-6H2,(H,17,18,19). The molecule has 2 rings (SSSR count). The van der Waals surface area contributed by atoms with Crippen molar-refractivity contribution in [2.24, 2.45) is 5.92 Å². The second kappa shape index (κ2) is 5.94. The Morgan fingerprint density at radius 3 is 2.58 bits per heavy atom. The van der Waals surface area contributed by atoms with Gasteiger partial charge in [0.05, 0.1) is 0 Å². The quantitative estimate of drug-likeness (QED) is 0.848. The molecule has 1 aromatic rings. The topological polar surface area (TPSA) is 37.8 Å². The van der Waals surface area contributed by atoms with E-state index in [0.717, 1.165) is 6.42 Å². The highest BCUT2D eigenvalue weighted by Gasteiger charge is 2.35. The van der Waals surface area contributed by atoms with Crippen LogP contribution in [0, 0.1) is 5.92 Å². The molecule has 1 aliphatic rings. The number of rotatable bonds is 4. The van der Waals surface area contributed by atoms with Crippen molar-refractivity contribution < 1.29 is 13.2 Å². The molecule has 0 radical (unpaired) electrons. The zero-order valence-corrected chi connectivity index (χ0v) is 11.1. The monoisotopic (exact) mass is 293 g/mol. The van der Waals surface area contributed by atoms with E-state index >= 15 is 0 Å². The van der Waals surface area contributed by atoms with Crippen LogP contribution in [0.3, 0.4) is 0 Å². The highest BCUT2D eigenvalue weighted by atomic mass is 35.5. The van der Waals surface area contributed by atoms with Crippen molar-refractivity contribution in [1.29, 1.82) is 0 Å². The Balaban J connectivity index is 1.94. The lowest BCUT2D eigenvalue weighted by Crippen LogP contribution is -2.14. The van der Waals surface area contributed by atoms with Crippen molar-refractivity contribution in [2.75, 3.05) is 11.9 Å². The lowest BCUT2D eigenvalue weighted by molar-refractivity contribution is -0.144. The molecular weight excluding hydrogens is 279 g/mol. The molecule has 0 saturated heterocycles. The van der Waals surface area contributed by atoms with Crippen LogP contribution in [0.4, 0.5) is 19.0 Å². The lowest BCUT2D eigenvalue weighted by Gasteiger charge is -2.12. The molecule has 0 aromatic carbocycles. The fourth-order valence-electron chi connectivity index (χ4n) is 2.34. The van der Waals surface area contributed by atoms with Crippen LogP contribution in [0.5, 0.6) is 0 Å². The third kappa shape index (κ3) is 4.23. The summed E-state index contributed by atoms with van der Waals surface area (Å²) in [7, 11) is 0. The Labute approximate surface area is 114 Å². The molecule has 0 atom stereocenters. The maximum Gasteiger partial charge on any atom is 0.451 e. The smallest absolute Gasteiger partial charge is 0.370 e. The van der Waals surface area contributed by atoms with Gasteiger partial charge in [0, 0.05) is 12.6 Å². The number of aromatic nitrogens is 2. The number of nitrogens with zero attached hydrogens (tertiary/aromatic N) is 2. The Morgan fingerprint density at radius 2 is 1.95 bits per heavy atom. The van der Waals surface area contributed by atoms with Gasteiger partial charge in [0.25, 0.3) is 0 Å². The first kappa shape index (κ1) is 14.4. The van der Waals surface area contributed by atoms with Crippen LogP contribution in [0.1, 0.15) is 37.9 Å². The third-order valence-corrected chi connectivity index (χ3v) is 3.48. The van der Waals surface area contributed by atoms with Gasteiger partial charge in [-0.25, -0.2) is 9.97 Å². The summed E-state index contributed by atoms with van der Waals surface area (Å²) in [5, 5.41) is 2.69. The van der Waals surface area contributed by atoms with Gasteiger partial charge in [0.15, 0.2) is 0 Å². The molecule has 106 valence electrons. The van der Waals surface area contributed by atoms with Gasteiger partial charge < -0.3 is 5.32 Å². The number of hydrogen-bond donors (Lipinski definition) is 1. The van der Waals surface area contributed by atoms with Crippen LogP contribution < -0.4 is 5.32 Å². The molecule has 0 spiro atoms. The van der Waals surface area contributed by atoms with Crippen molar-refractivity contribution in [2.45, 2.75) is 38.3 Å².